The van der Waals surface area contributed by atoms with E-state index in [-0.39, 0.29) is 34.6 Å². The van der Waals surface area contributed by atoms with Crippen LogP contribution in [-0.4, -0.2) is 52.3 Å². The molecule has 4 atom stereocenters. The van der Waals surface area contributed by atoms with Crippen LogP contribution in [0.5, 0.6) is 11.5 Å². The molecule has 1 aromatic rings. The van der Waals surface area contributed by atoms with Crippen LogP contribution in [0.4, 0.5) is 0 Å². The van der Waals surface area contributed by atoms with E-state index >= 15 is 0 Å². The lowest BCUT2D eigenvalue weighted by Gasteiger charge is -2.47. The Labute approximate surface area is 145 Å². The predicted molar refractivity (Wildman–Crippen MR) is 87.0 cm³/mol. The van der Waals surface area contributed by atoms with Crippen molar-refractivity contribution in [1.82, 2.24) is 10.0 Å². The van der Waals surface area contributed by atoms with Gasteiger partial charge in [0.05, 0.1) is 18.2 Å². The van der Waals surface area contributed by atoms with Crippen molar-refractivity contribution in [3.05, 3.63) is 18.2 Å². The van der Waals surface area contributed by atoms with Crippen molar-refractivity contribution < 1.29 is 27.4 Å². The van der Waals surface area contributed by atoms with Gasteiger partial charge in [-0.2, -0.15) is 0 Å². The van der Waals surface area contributed by atoms with Crippen LogP contribution in [0.1, 0.15) is 13.3 Å². The molecule has 2 aliphatic heterocycles. The van der Waals surface area contributed by atoms with E-state index in [0.29, 0.717) is 25.6 Å². The Kier molecular flexibility index (Phi) is 4.09. The second kappa shape index (κ2) is 6.15. The lowest BCUT2D eigenvalue weighted by Crippen LogP contribution is -2.70. The van der Waals surface area contributed by atoms with Crippen molar-refractivity contribution in [1.29, 1.82) is 0 Å². The van der Waals surface area contributed by atoms with Gasteiger partial charge in [0.1, 0.15) is 18.1 Å². The first kappa shape index (κ1) is 16.6. The van der Waals surface area contributed by atoms with E-state index < -0.39 is 16.1 Å². The van der Waals surface area contributed by atoms with Gasteiger partial charge in [-0.05, 0) is 18.6 Å². The van der Waals surface area contributed by atoms with E-state index in [1.165, 1.54) is 13.0 Å². The van der Waals surface area contributed by atoms with E-state index in [1.54, 1.807) is 12.1 Å². The summed E-state index contributed by atoms with van der Waals surface area (Å²) in [4.78, 5) is 11.5. The zero-order chi connectivity index (χ0) is 17.6. The smallest absolute Gasteiger partial charge is 0.244 e. The fourth-order valence-corrected chi connectivity index (χ4v) is 5.24. The molecule has 0 radical (unpaired) electrons. The second-order valence-electron chi connectivity index (χ2n) is 6.44. The van der Waals surface area contributed by atoms with Crippen LogP contribution in [0.25, 0.3) is 0 Å². The summed E-state index contributed by atoms with van der Waals surface area (Å²) >= 11 is 0. The van der Waals surface area contributed by atoms with Crippen molar-refractivity contribution in [2.45, 2.75) is 36.4 Å². The van der Waals surface area contributed by atoms with Gasteiger partial charge in [-0.15, -0.1) is 0 Å². The Morgan fingerprint density at radius 2 is 1.96 bits per heavy atom. The lowest BCUT2D eigenvalue weighted by molar-refractivity contribution is -0.123. The van der Waals surface area contributed by atoms with Crippen molar-refractivity contribution >= 4 is 15.9 Å². The van der Waals surface area contributed by atoms with Gasteiger partial charge in [0.2, 0.25) is 15.9 Å². The first-order valence-electron chi connectivity index (χ1n) is 8.27. The molecule has 1 saturated carbocycles. The van der Waals surface area contributed by atoms with E-state index in [4.69, 9.17) is 14.2 Å². The molecular weight excluding hydrogens is 348 g/mol. The first-order valence-corrected chi connectivity index (χ1v) is 9.75. The quantitative estimate of drug-likeness (QED) is 0.777. The fourth-order valence-electron chi connectivity index (χ4n) is 3.78. The molecule has 1 saturated heterocycles. The van der Waals surface area contributed by atoms with Gasteiger partial charge in [-0.3, -0.25) is 4.79 Å². The molecular formula is C16H20N2O6S. The van der Waals surface area contributed by atoms with E-state index in [1.807, 2.05) is 0 Å². The molecule has 1 aromatic carbocycles. The van der Waals surface area contributed by atoms with Gasteiger partial charge in [0.15, 0.2) is 11.5 Å². The molecule has 4 rings (SSSR count). The normalized spacial score (nSPS) is 30.3. The zero-order valence-electron chi connectivity index (χ0n) is 13.7. The third-order valence-electron chi connectivity index (χ3n) is 4.87. The summed E-state index contributed by atoms with van der Waals surface area (Å²) in [5, 5.41) is 2.79. The zero-order valence-corrected chi connectivity index (χ0v) is 14.5. The first-order chi connectivity index (χ1) is 12.0. The van der Waals surface area contributed by atoms with Crippen LogP contribution >= 0.6 is 0 Å². The van der Waals surface area contributed by atoms with Gasteiger partial charge in [0.25, 0.3) is 0 Å². The largest absolute Gasteiger partial charge is 0.486 e. The highest BCUT2D eigenvalue weighted by molar-refractivity contribution is 7.89. The molecule has 3 aliphatic rings. The average Bonchev–Trinajstić information content (AvgIpc) is 3.02. The molecule has 1 amide bonds. The highest BCUT2D eigenvalue weighted by atomic mass is 32.2. The topological polar surface area (TPSA) is 103 Å². The van der Waals surface area contributed by atoms with Gasteiger partial charge in [0, 0.05) is 19.4 Å². The number of para-hydroxylation sites is 1. The van der Waals surface area contributed by atoms with Gasteiger partial charge in [-0.25, -0.2) is 13.1 Å². The Morgan fingerprint density at radius 3 is 2.76 bits per heavy atom. The Bertz CT molecular complexity index is 796. The van der Waals surface area contributed by atoms with Gasteiger partial charge >= 0.3 is 0 Å². The number of hydrogen-bond donors (Lipinski definition) is 2. The van der Waals surface area contributed by atoms with Gasteiger partial charge in [-0.1, -0.05) is 6.07 Å². The monoisotopic (exact) mass is 368 g/mol. The fraction of sp³-hybridized carbons (Fsp3) is 0.562. The number of nitrogens with one attached hydrogen (secondary N) is 2. The maximum Gasteiger partial charge on any atom is 0.244 e. The number of amides is 1. The highest BCUT2D eigenvalue weighted by Gasteiger charge is 2.55. The van der Waals surface area contributed by atoms with Crippen LogP contribution in [-0.2, 0) is 19.6 Å². The van der Waals surface area contributed by atoms with Crippen LogP contribution in [0.15, 0.2) is 23.1 Å². The molecule has 1 aliphatic carbocycles. The lowest BCUT2D eigenvalue weighted by atomic mass is 9.72. The Hall–Kier alpha value is -1.84. The summed E-state index contributed by atoms with van der Waals surface area (Å²) in [5.41, 5.74) is 0. The van der Waals surface area contributed by atoms with Crippen LogP contribution < -0.4 is 19.5 Å². The molecule has 0 unspecified atom stereocenters. The number of carbonyl (C=O) groups excluding carboxylic acids is 1. The summed E-state index contributed by atoms with van der Waals surface area (Å²) in [6.07, 6.45) is 0.626. The number of ether oxygens (including phenoxy) is 3. The number of benzene rings is 1. The number of sulfonamides is 1. The molecule has 8 nitrogen and oxygen atoms in total. The summed E-state index contributed by atoms with van der Waals surface area (Å²) < 4.78 is 45.2. The summed E-state index contributed by atoms with van der Waals surface area (Å²) in [6, 6.07) is 4.02. The van der Waals surface area contributed by atoms with Crippen LogP contribution in [0.3, 0.4) is 0 Å². The maximum absolute atomic E-state index is 12.9. The Balaban J connectivity index is 1.60. The second-order valence-corrected chi connectivity index (χ2v) is 8.12. The minimum atomic E-state index is -3.83. The molecule has 25 heavy (non-hydrogen) atoms. The third kappa shape index (κ3) is 2.86. The summed E-state index contributed by atoms with van der Waals surface area (Å²) in [7, 11) is -3.83. The molecule has 9 heteroatoms. The summed E-state index contributed by atoms with van der Waals surface area (Å²) in [5.74, 6) is 0.499. The number of rotatable bonds is 4. The minimum absolute atomic E-state index is 0.0497. The van der Waals surface area contributed by atoms with E-state index in [0.717, 1.165) is 6.42 Å². The number of hydrogen-bond acceptors (Lipinski definition) is 6. The number of fused-ring (bicyclic) bond motifs is 2. The predicted octanol–water partition coefficient (Wildman–Crippen LogP) is 0.0281. The Morgan fingerprint density at radius 1 is 1.16 bits per heavy atom. The molecule has 2 fully saturated rings. The standard InChI is InChI=1S/C16H20N2O6S/c1-9(19)17-14-13(10-5-6-23-15(10)14)18-25(20,21)12-4-2-3-11-16(12)24-8-7-22-11/h2-4,10,13-15,18H,5-8H2,1H3,(H,17,19)/t10-,13+,14-,15-/m1/s1. The molecule has 0 bridgehead atoms. The SMILES string of the molecule is CC(=O)N[C@@H]1[C@@H](NS(=O)(=O)c2cccc3c2OCCO3)[C@H]2CCO[C@H]21. The van der Waals surface area contributed by atoms with E-state index in [9.17, 15) is 13.2 Å². The maximum atomic E-state index is 12.9. The van der Waals surface area contributed by atoms with Gasteiger partial charge < -0.3 is 19.5 Å². The molecule has 0 aromatic heterocycles. The van der Waals surface area contributed by atoms with Crippen molar-refractivity contribution in [2.75, 3.05) is 19.8 Å². The van der Waals surface area contributed by atoms with Crippen LogP contribution in [0.2, 0.25) is 0 Å². The summed E-state index contributed by atoms with van der Waals surface area (Å²) in [6.45, 7) is 2.67. The highest BCUT2D eigenvalue weighted by Crippen LogP contribution is 2.41. The van der Waals surface area contributed by atoms with Crippen molar-refractivity contribution in [2.24, 2.45) is 5.92 Å². The molecule has 136 valence electrons. The molecule has 2 heterocycles. The van der Waals surface area contributed by atoms with E-state index in [2.05, 4.69) is 10.0 Å². The third-order valence-corrected chi connectivity index (χ3v) is 6.35. The number of carbonyl (C=O) groups is 1. The molecule has 0 spiro atoms. The van der Waals surface area contributed by atoms with Crippen molar-refractivity contribution in [3.63, 3.8) is 0 Å². The average molecular weight is 368 g/mol. The minimum Gasteiger partial charge on any atom is -0.486 e. The van der Waals surface area contributed by atoms with Crippen LogP contribution in [0, 0.1) is 5.92 Å². The molecule has 2 N–H and O–H groups in total. The van der Waals surface area contributed by atoms with Crippen molar-refractivity contribution in [3.8, 4) is 11.5 Å².